The number of fused-ring (bicyclic) bond motifs is 1. The summed E-state index contributed by atoms with van der Waals surface area (Å²) >= 11 is 0. The van der Waals surface area contributed by atoms with Crippen LogP contribution in [0.15, 0.2) is 60.8 Å². The number of halogens is 3. The second-order valence-electron chi connectivity index (χ2n) is 10.8. The van der Waals surface area contributed by atoms with Crippen molar-refractivity contribution >= 4 is 28.4 Å². The first-order chi connectivity index (χ1) is 19.9. The van der Waals surface area contributed by atoms with Crippen LogP contribution in [0.25, 0.3) is 10.9 Å². The first kappa shape index (κ1) is 32.9. The predicted molar refractivity (Wildman–Crippen MR) is 158 cm³/mol. The smallest absolute Gasteiger partial charge is 0.343 e. The summed E-state index contributed by atoms with van der Waals surface area (Å²) in [6, 6.07) is 11.9. The molecule has 0 aliphatic carbocycles. The van der Waals surface area contributed by atoms with Crippen LogP contribution in [0.2, 0.25) is 0 Å². The molecule has 0 fully saturated rings. The molecule has 3 aromatic rings. The van der Waals surface area contributed by atoms with Gasteiger partial charge in [-0.15, -0.1) is 0 Å². The highest BCUT2D eigenvalue weighted by Gasteiger charge is 2.30. The number of nitrogens with two attached hydrogens (primary N) is 3. The molecule has 0 spiro atoms. The van der Waals surface area contributed by atoms with Crippen LogP contribution in [0.5, 0.6) is 0 Å². The van der Waals surface area contributed by atoms with Crippen LogP contribution in [0.4, 0.5) is 18.9 Å². The Hall–Kier alpha value is -3.58. The Morgan fingerprint density at radius 2 is 1.64 bits per heavy atom. The summed E-state index contributed by atoms with van der Waals surface area (Å²) in [5.74, 6) is -0.932. The molecule has 0 aliphatic rings. The number of nitrogens with zero attached hydrogens (tertiary/aromatic N) is 2. The molecule has 0 bridgehead atoms. The fourth-order valence-electron chi connectivity index (χ4n) is 4.88. The number of carbonyl (C=O) groups excluding carboxylic acids is 2. The van der Waals surface area contributed by atoms with Crippen LogP contribution in [-0.2, 0) is 22.2 Å². The van der Waals surface area contributed by atoms with Gasteiger partial charge in [0.05, 0.1) is 43.8 Å². The standard InChI is InChI=1S/C30H40F3N7O2/c1-40(18-14-34,19-15-35)17-3-5-25(36)28(41)39-27(12-8-21-6-9-23(10-7-21)30(31,32)33)29(42)38-24-11-13-26-22(20-24)4-2-16-37-26/h2,4,6-7,9-11,13,16,20,25,27H,3,5,8,12,14-15,17-19,34-36H2,1H3,(H-,38,39,41,42)/p+1/t25-,27-/m0/s1. The first-order valence-electron chi connectivity index (χ1n) is 14.1. The van der Waals surface area contributed by atoms with Gasteiger partial charge in [-0.25, -0.2) is 0 Å². The molecular formula is C30H41F3N7O2+. The van der Waals surface area contributed by atoms with E-state index in [0.717, 1.165) is 42.7 Å². The highest BCUT2D eigenvalue weighted by atomic mass is 19.4. The predicted octanol–water partition coefficient (Wildman–Crippen LogP) is 2.78. The molecule has 0 aliphatic heterocycles. The number of rotatable bonds is 15. The molecule has 0 saturated heterocycles. The Kier molecular flexibility index (Phi) is 11.8. The van der Waals surface area contributed by atoms with Crippen molar-refractivity contribution in [3.05, 3.63) is 71.9 Å². The fourth-order valence-corrected chi connectivity index (χ4v) is 4.88. The lowest BCUT2D eigenvalue weighted by atomic mass is 10.0. The molecule has 3 rings (SSSR count). The van der Waals surface area contributed by atoms with Crippen molar-refractivity contribution in [2.24, 2.45) is 17.2 Å². The fraction of sp³-hybridized carbons (Fsp3) is 0.433. The summed E-state index contributed by atoms with van der Waals surface area (Å²) in [4.78, 5) is 30.7. The third-order valence-corrected chi connectivity index (χ3v) is 7.39. The summed E-state index contributed by atoms with van der Waals surface area (Å²) in [5.41, 5.74) is 18.9. The molecule has 0 saturated carbocycles. The molecule has 0 radical (unpaired) electrons. The van der Waals surface area contributed by atoms with Crippen LogP contribution < -0.4 is 27.8 Å². The van der Waals surface area contributed by atoms with Gasteiger partial charge in [0.1, 0.15) is 6.04 Å². The van der Waals surface area contributed by atoms with Gasteiger partial charge in [0.15, 0.2) is 0 Å². The Morgan fingerprint density at radius 3 is 2.29 bits per heavy atom. The molecule has 2 amide bonds. The van der Waals surface area contributed by atoms with Gasteiger partial charge >= 0.3 is 6.18 Å². The van der Waals surface area contributed by atoms with E-state index in [4.69, 9.17) is 17.2 Å². The van der Waals surface area contributed by atoms with Crippen LogP contribution in [0.1, 0.15) is 30.4 Å². The molecular weight excluding hydrogens is 547 g/mol. The van der Waals surface area contributed by atoms with E-state index in [0.29, 0.717) is 41.7 Å². The van der Waals surface area contributed by atoms with E-state index in [-0.39, 0.29) is 12.8 Å². The lowest BCUT2D eigenvalue weighted by molar-refractivity contribution is -0.907. The van der Waals surface area contributed by atoms with Gasteiger partial charge in [-0.1, -0.05) is 18.2 Å². The maximum atomic E-state index is 13.3. The normalized spacial score (nSPS) is 13.5. The number of aryl methyl sites for hydroxylation is 1. The van der Waals surface area contributed by atoms with Crippen molar-refractivity contribution in [3.8, 4) is 0 Å². The first-order valence-corrected chi connectivity index (χ1v) is 14.1. The zero-order valence-electron chi connectivity index (χ0n) is 23.9. The monoisotopic (exact) mass is 588 g/mol. The number of likely N-dealkylation sites (N-methyl/N-ethyl adjacent to an activating group) is 1. The summed E-state index contributed by atoms with van der Waals surface area (Å²) in [6.07, 6.45) is -1.27. The van der Waals surface area contributed by atoms with Crippen molar-refractivity contribution in [3.63, 3.8) is 0 Å². The van der Waals surface area contributed by atoms with Gasteiger partial charge in [0.2, 0.25) is 11.8 Å². The molecule has 9 nitrogen and oxygen atoms in total. The minimum absolute atomic E-state index is 0.159. The van der Waals surface area contributed by atoms with Crippen LogP contribution in [0, 0.1) is 0 Å². The van der Waals surface area contributed by atoms with E-state index < -0.39 is 35.6 Å². The van der Waals surface area contributed by atoms with Crippen molar-refractivity contribution in [2.75, 3.05) is 45.1 Å². The van der Waals surface area contributed by atoms with Gasteiger partial charge < -0.3 is 32.3 Å². The van der Waals surface area contributed by atoms with Crippen LogP contribution in [0.3, 0.4) is 0 Å². The number of hydrogen-bond donors (Lipinski definition) is 5. The minimum atomic E-state index is -4.44. The van der Waals surface area contributed by atoms with Crippen molar-refractivity contribution in [1.82, 2.24) is 10.3 Å². The van der Waals surface area contributed by atoms with Crippen molar-refractivity contribution in [2.45, 2.75) is 43.9 Å². The van der Waals surface area contributed by atoms with Crippen LogP contribution in [-0.4, -0.2) is 73.1 Å². The second-order valence-corrected chi connectivity index (χ2v) is 10.8. The van der Waals surface area contributed by atoms with Gasteiger partial charge in [-0.05, 0) is 67.6 Å². The van der Waals surface area contributed by atoms with Gasteiger partial charge in [-0.2, -0.15) is 13.2 Å². The average molecular weight is 589 g/mol. The molecule has 12 heteroatoms. The number of quaternary nitrogens is 1. The zero-order valence-corrected chi connectivity index (χ0v) is 23.9. The molecule has 2 atom stereocenters. The number of alkyl halides is 3. The molecule has 2 aromatic carbocycles. The largest absolute Gasteiger partial charge is 0.416 e. The lowest BCUT2D eigenvalue weighted by Gasteiger charge is -2.34. The Bertz CT molecular complexity index is 1310. The number of anilines is 1. The van der Waals surface area contributed by atoms with E-state index in [1.165, 1.54) is 12.1 Å². The summed E-state index contributed by atoms with van der Waals surface area (Å²) in [6.45, 7) is 3.31. The van der Waals surface area contributed by atoms with E-state index in [1.807, 2.05) is 6.07 Å². The molecule has 8 N–H and O–H groups in total. The molecule has 1 aromatic heterocycles. The maximum absolute atomic E-state index is 13.3. The number of carbonyl (C=O) groups is 2. The number of nitrogens with one attached hydrogen (secondary N) is 2. The number of hydrogen-bond acceptors (Lipinski definition) is 6. The third-order valence-electron chi connectivity index (χ3n) is 7.39. The summed E-state index contributed by atoms with van der Waals surface area (Å²) < 4.78 is 39.6. The van der Waals surface area contributed by atoms with E-state index >= 15 is 0 Å². The van der Waals surface area contributed by atoms with Crippen molar-refractivity contribution < 1.29 is 27.2 Å². The van der Waals surface area contributed by atoms with E-state index in [2.05, 4.69) is 22.7 Å². The number of aromatic nitrogens is 1. The van der Waals surface area contributed by atoms with Gasteiger partial charge in [0.25, 0.3) is 0 Å². The van der Waals surface area contributed by atoms with Gasteiger partial charge in [0, 0.05) is 30.4 Å². The molecule has 1 heterocycles. The maximum Gasteiger partial charge on any atom is 0.416 e. The summed E-state index contributed by atoms with van der Waals surface area (Å²) in [7, 11) is 2.07. The highest BCUT2D eigenvalue weighted by Crippen LogP contribution is 2.29. The molecule has 0 unspecified atom stereocenters. The van der Waals surface area contributed by atoms with Gasteiger partial charge in [-0.3, -0.25) is 14.6 Å². The zero-order chi connectivity index (χ0) is 30.8. The Labute approximate surface area is 244 Å². The highest BCUT2D eigenvalue weighted by molar-refractivity contribution is 5.99. The molecule has 42 heavy (non-hydrogen) atoms. The molecule has 228 valence electrons. The lowest BCUT2D eigenvalue weighted by Crippen LogP contribution is -2.52. The van der Waals surface area contributed by atoms with Crippen molar-refractivity contribution in [1.29, 1.82) is 0 Å². The van der Waals surface area contributed by atoms with Crippen LogP contribution >= 0.6 is 0 Å². The second kappa shape index (κ2) is 15.1. The minimum Gasteiger partial charge on any atom is -0.343 e. The Morgan fingerprint density at radius 1 is 0.952 bits per heavy atom. The third kappa shape index (κ3) is 9.76. The SMILES string of the molecule is C[N+](CCN)(CCN)CCC[C@H](N)C(=O)N[C@@H](CCc1ccc(C(F)(F)F)cc1)C(=O)Nc1ccc2ncccc2c1. The number of benzene rings is 2. The van der Waals surface area contributed by atoms with E-state index in [9.17, 15) is 22.8 Å². The van der Waals surface area contributed by atoms with E-state index in [1.54, 1.807) is 30.5 Å². The number of pyridine rings is 1. The number of amides is 2. The topological polar surface area (TPSA) is 149 Å². The summed E-state index contributed by atoms with van der Waals surface area (Å²) in [5, 5.41) is 6.43. The Balaban J connectivity index is 1.68. The average Bonchev–Trinajstić information content (AvgIpc) is 2.95. The quantitative estimate of drug-likeness (QED) is 0.172.